The van der Waals surface area contributed by atoms with E-state index in [9.17, 15) is 9.18 Å². The molecule has 1 aromatic heterocycles. The summed E-state index contributed by atoms with van der Waals surface area (Å²) in [6.45, 7) is 8.52. The minimum atomic E-state index is -0.391. The highest BCUT2D eigenvalue weighted by atomic mass is 35.5. The minimum absolute atomic E-state index is 0.137. The Morgan fingerprint density at radius 3 is 2.41 bits per heavy atom. The molecule has 4 aromatic rings. The van der Waals surface area contributed by atoms with Crippen molar-refractivity contribution in [1.82, 2.24) is 9.80 Å². The van der Waals surface area contributed by atoms with Crippen molar-refractivity contribution in [2.24, 2.45) is 0 Å². The second kappa shape index (κ2) is 11.3. The SMILES string of the molecule is CCN(CC)CCCCN(Cc1ccc2ccccc2c1)C(=O)c1sc2cccc(F)c2c1Cl. The van der Waals surface area contributed by atoms with Gasteiger partial charge in [-0.3, -0.25) is 4.79 Å². The molecule has 0 spiro atoms. The molecule has 0 saturated carbocycles. The Morgan fingerprint density at radius 1 is 0.941 bits per heavy atom. The first-order chi connectivity index (χ1) is 16.5. The Morgan fingerprint density at radius 2 is 1.68 bits per heavy atom. The summed E-state index contributed by atoms with van der Waals surface area (Å²) < 4.78 is 15.1. The average Bonchev–Trinajstić information content (AvgIpc) is 3.20. The van der Waals surface area contributed by atoms with Gasteiger partial charge < -0.3 is 9.80 Å². The lowest BCUT2D eigenvalue weighted by Crippen LogP contribution is -2.32. The fraction of sp³-hybridized carbons (Fsp3) is 0.321. The molecule has 0 atom stereocenters. The van der Waals surface area contributed by atoms with E-state index in [1.54, 1.807) is 6.07 Å². The van der Waals surface area contributed by atoms with Gasteiger partial charge in [-0.2, -0.15) is 0 Å². The van der Waals surface area contributed by atoms with Gasteiger partial charge in [0.2, 0.25) is 0 Å². The number of fused-ring (bicyclic) bond motifs is 2. The number of halogens is 2. The second-order valence-corrected chi connectivity index (χ2v) is 9.93. The quantitative estimate of drug-likeness (QED) is 0.211. The molecule has 0 aliphatic rings. The van der Waals surface area contributed by atoms with Crippen LogP contribution in [0.25, 0.3) is 20.9 Å². The lowest BCUT2D eigenvalue weighted by atomic mass is 10.1. The third kappa shape index (κ3) is 5.43. The summed E-state index contributed by atoms with van der Waals surface area (Å²) in [6.07, 6.45) is 1.91. The van der Waals surface area contributed by atoms with E-state index in [4.69, 9.17) is 11.6 Å². The zero-order valence-corrected chi connectivity index (χ0v) is 21.3. The predicted molar refractivity (Wildman–Crippen MR) is 143 cm³/mol. The number of benzene rings is 3. The highest BCUT2D eigenvalue weighted by molar-refractivity contribution is 7.21. The number of carbonyl (C=O) groups is 1. The molecule has 1 amide bonds. The molecule has 3 aromatic carbocycles. The normalized spacial score (nSPS) is 11.6. The maximum atomic E-state index is 14.4. The van der Waals surface area contributed by atoms with Gasteiger partial charge in [-0.05, 0) is 67.0 Å². The van der Waals surface area contributed by atoms with Gasteiger partial charge >= 0.3 is 0 Å². The van der Waals surface area contributed by atoms with Gasteiger partial charge in [0.1, 0.15) is 10.7 Å². The van der Waals surface area contributed by atoms with Crippen LogP contribution in [0.5, 0.6) is 0 Å². The van der Waals surface area contributed by atoms with Crippen LogP contribution in [0.3, 0.4) is 0 Å². The van der Waals surface area contributed by atoms with E-state index in [2.05, 4.69) is 49.1 Å². The van der Waals surface area contributed by atoms with Crippen molar-refractivity contribution in [2.45, 2.75) is 33.2 Å². The fourth-order valence-electron chi connectivity index (χ4n) is 4.34. The summed E-state index contributed by atoms with van der Waals surface area (Å²) in [7, 11) is 0. The molecule has 34 heavy (non-hydrogen) atoms. The number of amides is 1. The van der Waals surface area contributed by atoms with Gasteiger partial charge in [0.25, 0.3) is 5.91 Å². The lowest BCUT2D eigenvalue weighted by molar-refractivity contribution is 0.0743. The molecule has 3 nitrogen and oxygen atoms in total. The van der Waals surface area contributed by atoms with E-state index in [0.29, 0.717) is 28.1 Å². The van der Waals surface area contributed by atoms with Gasteiger partial charge in [0.15, 0.2) is 0 Å². The molecule has 6 heteroatoms. The first-order valence-corrected chi connectivity index (χ1v) is 13.1. The Labute approximate surface area is 209 Å². The van der Waals surface area contributed by atoms with Crippen LogP contribution in [0, 0.1) is 5.82 Å². The third-order valence-electron chi connectivity index (χ3n) is 6.32. The van der Waals surface area contributed by atoms with E-state index in [-0.39, 0.29) is 10.9 Å². The van der Waals surface area contributed by atoms with Crippen molar-refractivity contribution in [1.29, 1.82) is 0 Å². The Balaban J connectivity index is 1.59. The summed E-state index contributed by atoms with van der Waals surface area (Å²) in [6, 6.07) is 19.4. The summed E-state index contributed by atoms with van der Waals surface area (Å²) in [5.74, 6) is -0.528. The first-order valence-electron chi connectivity index (χ1n) is 11.9. The maximum absolute atomic E-state index is 14.4. The molecule has 0 saturated heterocycles. The smallest absolute Gasteiger partial charge is 0.265 e. The van der Waals surface area contributed by atoms with Crippen LogP contribution < -0.4 is 0 Å². The highest BCUT2D eigenvalue weighted by Gasteiger charge is 2.24. The zero-order chi connectivity index (χ0) is 24.1. The number of nitrogens with zero attached hydrogens (tertiary/aromatic N) is 2. The Bertz CT molecular complexity index is 1280. The Kier molecular flexibility index (Phi) is 8.19. The van der Waals surface area contributed by atoms with E-state index in [0.717, 1.165) is 43.4 Å². The molecule has 0 radical (unpaired) electrons. The van der Waals surface area contributed by atoms with Crippen LogP contribution in [0.4, 0.5) is 4.39 Å². The lowest BCUT2D eigenvalue weighted by Gasteiger charge is -2.24. The molecule has 0 aliphatic carbocycles. The molecule has 178 valence electrons. The van der Waals surface area contributed by atoms with Crippen molar-refractivity contribution in [3.63, 3.8) is 0 Å². The number of hydrogen-bond acceptors (Lipinski definition) is 3. The summed E-state index contributed by atoms with van der Waals surface area (Å²) in [5, 5.41) is 2.88. The van der Waals surface area contributed by atoms with Crippen molar-refractivity contribution < 1.29 is 9.18 Å². The largest absolute Gasteiger partial charge is 0.334 e. The zero-order valence-electron chi connectivity index (χ0n) is 19.7. The van der Waals surface area contributed by atoms with Crippen molar-refractivity contribution in [3.05, 3.63) is 81.9 Å². The average molecular weight is 497 g/mol. The molecule has 4 rings (SSSR count). The van der Waals surface area contributed by atoms with E-state index < -0.39 is 5.82 Å². The number of carbonyl (C=O) groups excluding carboxylic acids is 1. The fourth-order valence-corrected chi connectivity index (χ4v) is 5.86. The van der Waals surface area contributed by atoms with Crippen LogP contribution in [0.1, 0.15) is 41.9 Å². The predicted octanol–water partition coefficient (Wildman–Crippen LogP) is 7.61. The van der Waals surface area contributed by atoms with Crippen LogP contribution in [-0.4, -0.2) is 41.9 Å². The molecule has 0 bridgehead atoms. The number of unbranched alkanes of at least 4 members (excludes halogenated alkanes) is 1. The van der Waals surface area contributed by atoms with Gasteiger partial charge in [-0.15, -0.1) is 11.3 Å². The van der Waals surface area contributed by atoms with E-state index >= 15 is 0 Å². The number of hydrogen-bond donors (Lipinski definition) is 0. The minimum Gasteiger partial charge on any atom is -0.334 e. The highest BCUT2D eigenvalue weighted by Crippen LogP contribution is 2.37. The van der Waals surface area contributed by atoms with Crippen LogP contribution in [0.2, 0.25) is 5.02 Å². The topological polar surface area (TPSA) is 23.6 Å². The Hall–Kier alpha value is -2.47. The standard InChI is InChI=1S/C28H30ClFN2OS/c1-3-31(4-2)16-7-8-17-32(19-20-14-15-21-10-5-6-11-22(21)18-20)28(33)27-26(29)25-23(30)12-9-13-24(25)34-27/h5-6,9-15,18H,3-4,7-8,16-17,19H2,1-2H3. The number of rotatable bonds is 10. The molecular formula is C28H30ClFN2OS. The van der Waals surface area contributed by atoms with Crippen LogP contribution in [-0.2, 0) is 6.54 Å². The van der Waals surface area contributed by atoms with Gasteiger partial charge in [-0.1, -0.05) is 67.9 Å². The van der Waals surface area contributed by atoms with Crippen molar-refractivity contribution >= 4 is 49.7 Å². The molecule has 1 heterocycles. The van der Waals surface area contributed by atoms with Crippen LogP contribution >= 0.6 is 22.9 Å². The first kappa shape index (κ1) is 24.6. The van der Waals surface area contributed by atoms with Crippen molar-refractivity contribution in [2.75, 3.05) is 26.2 Å². The molecule has 0 fully saturated rings. The summed E-state index contributed by atoms with van der Waals surface area (Å²) in [5.41, 5.74) is 1.07. The van der Waals surface area contributed by atoms with Crippen LogP contribution in [0.15, 0.2) is 60.7 Å². The molecule has 0 unspecified atom stereocenters. The third-order valence-corrected chi connectivity index (χ3v) is 7.95. The van der Waals surface area contributed by atoms with Gasteiger partial charge in [0.05, 0.1) is 5.02 Å². The number of thiophene rings is 1. The summed E-state index contributed by atoms with van der Waals surface area (Å²) in [4.78, 5) is 18.3. The monoisotopic (exact) mass is 496 g/mol. The van der Waals surface area contributed by atoms with E-state index in [1.807, 2.05) is 23.1 Å². The van der Waals surface area contributed by atoms with Gasteiger partial charge in [-0.25, -0.2) is 4.39 Å². The van der Waals surface area contributed by atoms with Crippen molar-refractivity contribution in [3.8, 4) is 0 Å². The van der Waals surface area contributed by atoms with Gasteiger partial charge in [0, 0.05) is 23.2 Å². The molecular weight excluding hydrogens is 467 g/mol. The molecule has 0 aliphatic heterocycles. The van der Waals surface area contributed by atoms with E-state index in [1.165, 1.54) is 22.8 Å². The summed E-state index contributed by atoms with van der Waals surface area (Å²) >= 11 is 7.81. The molecule has 0 N–H and O–H groups in total. The maximum Gasteiger partial charge on any atom is 0.265 e. The second-order valence-electron chi connectivity index (χ2n) is 8.50.